The van der Waals surface area contributed by atoms with Crippen LogP contribution in [0.5, 0.6) is 0 Å². The molecule has 0 aromatic heterocycles. The lowest BCUT2D eigenvalue weighted by Crippen LogP contribution is -2.27. The van der Waals surface area contributed by atoms with Crippen LogP contribution in [0.1, 0.15) is 85.9 Å². The molecule has 308 valence electrons. The molecule has 0 N–H and O–H groups in total. The van der Waals surface area contributed by atoms with Gasteiger partial charge < -0.3 is 14.2 Å². The quantitative estimate of drug-likeness (QED) is 0.0363. The lowest BCUT2D eigenvalue weighted by Gasteiger charge is -2.21. The van der Waals surface area contributed by atoms with E-state index in [0.717, 1.165) is 11.1 Å². The third kappa shape index (κ3) is 8.38. The first kappa shape index (κ1) is 41.4. The fourth-order valence-corrected chi connectivity index (χ4v) is 7.77. The number of Topliss-reactive ketones (excluding diaryl/α,β-unsaturated/α-hetero) is 4. The summed E-state index contributed by atoms with van der Waals surface area (Å²) in [6, 6.07) is 40.5. The third-order valence-electron chi connectivity index (χ3n) is 10.8. The number of ether oxygens (including phenoxy) is 3. The van der Waals surface area contributed by atoms with E-state index in [2.05, 4.69) is 0 Å². The molecule has 0 heterocycles. The molecule has 0 aliphatic heterocycles. The molecule has 0 spiro atoms. The van der Waals surface area contributed by atoms with Crippen LogP contribution in [-0.2, 0) is 48.4 Å². The summed E-state index contributed by atoms with van der Waals surface area (Å²) in [5.41, 5.74) is 4.86. The Bertz CT molecular complexity index is 2950. The van der Waals surface area contributed by atoms with Gasteiger partial charge >= 0.3 is 11.9 Å². The number of benzene rings is 6. The molecule has 0 unspecified atom stereocenters. The zero-order valence-electron chi connectivity index (χ0n) is 33.8. The highest BCUT2D eigenvalue weighted by Gasteiger charge is 2.38. The summed E-state index contributed by atoms with van der Waals surface area (Å²) in [5.74, 6) is -3.96. The van der Waals surface area contributed by atoms with E-state index in [1.165, 1.54) is 12.1 Å². The van der Waals surface area contributed by atoms with E-state index in [1.807, 2.05) is 37.3 Å². The van der Waals surface area contributed by atoms with Crippen molar-refractivity contribution >= 4 is 64.8 Å². The van der Waals surface area contributed by atoms with Gasteiger partial charge in [-0.3, -0.25) is 24.0 Å². The van der Waals surface area contributed by atoms with Crippen molar-refractivity contribution in [2.45, 2.75) is 26.7 Å². The monoisotopic (exact) mass is 832 g/mol. The van der Waals surface area contributed by atoms with Crippen LogP contribution in [0.2, 0.25) is 0 Å². The fourth-order valence-electron chi connectivity index (χ4n) is 7.77. The number of ketones is 4. The number of allylic oxidation sites excluding steroid dienone is 2. The highest BCUT2D eigenvalue weighted by Crippen LogP contribution is 2.35. The number of carbonyl (C=O) groups is 7. The topological polar surface area (TPSA) is 147 Å². The lowest BCUT2D eigenvalue weighted by atomic mass is 9.81. The van der Waals surface area contributed by atoms with Crippen LogP contribution in [0.25, 0.3) is 23.3 Å². The number of esters is 2. The highest BCUT2D eigenvalue weighted by atomic mass is 16.5. The summed E-state index contributed by atoms with van der Waals surface area (Å²) < 4.78 is 16.5. The van der Waals surface area contributed by atoms with Crippen LogP contribution in [0.4, 0.5) is 0 Å². The Labute approximate surface area is 361 Å². The van der Waals surface area contributed by atoms with E-state index in [4.69, 9.17) is 14.2 Å². The van der Waals surface area contributed by atoms with Gasteiger partial charge in [0.15, 0.2) is 11.6 Å². The van der Waals surface area contributed by atoms with Gasteiger partial charge in [0.1, 0.15) is 31.0 Å². The van der Waals surface area contributed by atoms with E-state index < -0.39 is 35.1 Å². The zero-order valence-corrected chi connectivity index (χ0v) is 33.8. The lowest BCUT2D eigenvalue weighted by molar-refractivity contribution is -0.140. The molecule has 2 aliphatic rings. The average molecular weight is 833 g/mol. The third-order valence-corrected chi connectivity index (χ3v) is 10.8. The molecule has 6 aromatic carbocycles. The second-order valence-corrected chi connectivity index (χ2v) is 14.8. The van der Waals surface area contributed by atoms with Crippen molar-refractivity contribution in [1.82, 2.24) is 0 Å². The highest BCUT2D eigenvalue weighted by molar-refractivity contribution is 6.47. The van der Waals surface area contributed by atoms with Crippen molar-refractivity contribution in [3.63, 3.8) is 0 Å². The maximum Gasteiger partial charge on any atom is 0.343 e. The van der Waals surface area contributed by atoms with Gasteiger partial charge in [-0.1, -0.05) is 152 Å². The molecule has 0 fully saturated rings. The van der Waals surface area contributed by atoms with Gasteiger partial charge in [-0.05, 0) is 57.5 Å². The Kier molecular flexibility index (Phi) is 11.9. The predicted molar refractivity (Wildman–Crippen MR) is 234 cm³/mol. The average Bonchev–Trinajstić information content (AvgIpc) is 3.32. The van der Waals surface area contributed by atoms with E-state index in [1.54, 1.807) is 115 Å². The second-order valence-electron chi connectivity index (χ2n) is 14.8. The molecule has 0 atom stereocenters. The molecular formula is C53H36O10. The summed E-state index contributed by atoms with van der Waals surface area (Å²) in [5, 5.41) is 0. The summed E-state index contributed by atoms with van der Waals surface area (Å²) in [6.45, 7) is 1.71. The summed E-state index contributed by atoms with van der Waals surface area (Å²) in [7, 11) is 0. The molecule has 0 amide bonds. The molecule has 10 nitrogen and oxygen atoms in total. The number of rotatable bonds is 13. The van der Waals surface area contributed by atoms with E-state index in [0.29, 0.717) is 39.9 Å². The summed E-state index contributed by atoms with van der Waals surface area (Å²) in [4.78, 5) is 93.4. The van der Waals surface area contributed by atoms with Crippen molar-refractivity contribution < 1.29 is 47.8 Å². The molecule has 8 rings (SSSR count). The molecule has 2 aliphatic carbocycles. The van der Waals surface area contributed by atoms with Crippen LogP contribution in [0.15, 0.2) is 157 Å². The van der Waals surface area contributed by atoms with E-state index >= 15 is 0 Å². The minimum absolute atomic E-state index is 0.00381. The summed E-state index contributed by atoms with van der Waals surface area (Å²) >= 11 is 0. The predicted octanol–water partition coefficient (Wildman–Crippen LogP) is 8.99. The van der Waals surface area contributed by atoms with Gasteiger partial charge in [0.2, 0.25) is 11.6 Å². The Morgan fingerprint density at radius 1 is 0.492 bits per heavy atom. The van der Waals surface area contributed by atoms with Crippen LogP contribution in [0.3, 0.4) is 0 Å². The van der Waals surface area contributed by atoms with Gasteiger partial charge in [0.05, 0.1) is 0 Å². The minimum Gasteiger partial charge on any atom is -0.463 e. The van der Waals surface area contributed by atoms with Crippen LogP contribution in [0, 0.1) is 6.92 Å². The smallest absolute Gasteiger partial charge is 0.343 e. The SMILES string of the molecule is Cc1cc(COC=O)cc(COC(=O)C2=C(c3ccccc3)C(=O)c3ccccc3C2=O)c1/C=C/c1ccc(COC(=O)C2=C(c3ccccc3)C(=O)c3ccccc3C2=O)cc1. The Morgan fingerprint density at radius 3 is 1.44 bits per heavy atom. The van der Waals surface area contributed by atoms with Gasteiger partial charge in [0, 0.05) is 33.4 Å². The van der Waals surface area contributed by atoms with Gasteiger partial charge in [-0.2, -0.15) is 0 Å². The van der Waals surface area contributed by atoms with Gasteiger partial charge in [-0.15, -0.1) is 0 Å². The van der Waals surface area contributed by atoms with Crippen molar-refractivity contribution in [2.75, 3.05) is 0 Å². The van der Waals surface area contributed by atoms with Crippen molar-refractivity contribution in [1.29, 1.82) is 0 Å². The molecule has 10 heteroatoms. The zero-order chi connectivity index (χ0) is 44.0. The molecular weight excluding hydrogens is 797 g/mol. The maximum absolute atomic E-state index is 13.9. The summed E-state index contributed by atoms with van der Waals surface area (Å²) in [6.07, 6.45) is 3.67. The van der Waals surface area contributed by atoms with Crippen molar-refractivity contribution in [3.05, 3.63) is 224 Å². The number of hydrogen-bond acceptors (Lipinski definition) is 10. The van der Waals surface area contributed by atoms with Crippen LogP contribution >= 0.6 is 0 Å². The molecule has 0 saturated carbocycles. The normalized spacial score (nSPS) is 13.5. The number of hydrogen-bond donors (Lipinski definition) is 0. The van der Waals surface area contributed by atoms with Gasteiger partial charge in [-0.25, -0.2) is 9.59 Å². The second kappa shape index (κ2) is 18.1. The van der Waals surface area contributed by atoms with E-state index in [9.17, 15) is 33.6 Å². The number of fused-ring (bicyclic) bond motifs is 2. The number of carbonyl (C=O) groups excluding carboxylic acids is 7. The molecule has 0 bridgehead atoms. The largest absolute Gasteiger partial charge is 0.463 e. The molecule has 63 heavy (non-hydrogen) atoms. The first-order valence-electron chi connectivity index (χ1n) is 19.9. The van der Waals surface area contributed by atoms with Crippen LogP contribution < -0.4 is 0 Å². The van der Waals surface area contributed by atoms with Gasteiger partial charge in [0.25, 0.3) is 6.47 Å². The maximum atomic E-state index is 13.9. The van der Waals surface area contributed by atoms with E-state index in [-0.39, 0.29) is 64.4 Å². The Morgan fingerprint density at radius 2 is 0.952 bits per heavy atom. The minimum atomic E-state index is -0.961. The fraction of sp³-hybridized carbons (Fsp3) is 0.0755. The van der Waals surface area contributed by atoms with Crippen LogP contribution in [-0.4, -0.2) is 41.5 Å². The first-order chi connectivity index (χ1) is 30.6. The molecule has 6 aromatic rings. The number of aryl methyl sites for hydroxylation is 1. The Hall–Kier alpha value is -8.37. The van der Waals surface area contributed by atoms with Crippen molar-refractivity contribution in [2.24, 2.45) is 0 Å². The Balaban J connectivity index is 1.02. The molecule has 0 radical (unpaired) electrons. The molecule has 0 saturated heterocycles. The standard InChI is InChI=1S/C53H36O10/c1-32-26-35(28-61-31-54)27-38(30-63-53(60)47-45(37-14-6-3-7-15-37)49(56)41-17-9-11-19-43(41)51(47)58)39(32)25-24-33-20-22-34(23-21-33)29-62-52(59)46-44(36-12-4-2-5-13-36)48(55)40-16-8-10-18-42(40)50(46)57/h2-27,31H,28-30H2,1H3/b25-24+. The van der Waals surface area contributed by atoms with Crippen molar-refractivity contribution in [3.8, 4) is 0 Å². The first-order valence-corrected chi connectivity index (χ1v) is 19.9.